The lowest BCUT2D eigenvalue weighted by Gasteiger charge is -2.24. The van der Waals surface area contributed by atoms with Crippen molar-refractivity contribution in [2.24, 2.45) is 0 Å². The number of H-pyrrole nitrogens is 1. The molecule has 0 saturated carbocycles. The molecule has 7 nitrogen and oxygen atoms in total. The van der Waals surface area contributed by atoms with Gasteiger partial charge in [0.15, 0.2) is 0 Å². The van der Waals surface area contributed by atoms with Gasteiger partial charge in [0.05, 0.1) is 21.6 Å². The van der Waals surface area contributed by atoms with Gasteiger partial charge in [0.1, 0.15) is 0 Å². The number of carbonyl (C=O) groups is 1. The van der Waals surface area contributed by atoms with Gasteiger partial charge in [-0.25, -0.2) is 13.4 Å². The molecular weight excluding hydrogens is 412 g/mol. The van der Waals surface area contributed by atoms with E-state index in [2.05, 4.69) is 15.3 Å². The van der Waals surface area contributed by atoms with Crippen LogP contribution in [0.1, 0.15) is 22.8 Å². The number of fused-ring (bicyclic) bond motifs is 2. The molecule has 0 aliphatic carbocycles. The van der Waals surface area contributed by atoms with Gasteiger partial charge >= 0.3 is 0 Å². The topological polar surface area (TPSA) is 95.2 Å². The number of anilines is 2. The Morgan fingerprint density at radius 3 is 2.68 bits per heavy atom. The van der Waals surface area contributed by atoms with Gasteiger partial charge < -0.3 is 4.98 Å². The van der Waals surface area contributed by atoms with Crippen LogP contribution < -0.4 is 9.62 Å². The average molecular weight is 433 g/mol. The molecule has 0 saturated heterocycles. The summed E-state index contributed by atoms with van der Waals surface area (Å²) >= 11 is 0. The van der Waals surface area contributed by atoms with Crippen LogP contribution >= 0.6 is 0 Å². The summed E-state index contributed by atoms with van der Waals surface area (Å²) in [5.74, 6) is -0.132. The summed E-state index contributed by atoms with van der Waals surface area (Å²) in [4.78, 5) is 20.2. The van der Waals surface area contributed by atoms with Crippen molar-refractivity contribution in [3.8, 4) is 0 Å². The second-order valence-electron chi connectivity index (χ2n) is 7.57. The number of amides is 1. The zero-order chi connectivity index (χ0) is 21.6. The third-order valence-corrected chi connectivity index (χ3v) is 7.34. The van der Waals surface area contributed by atoms with Gasteiger partial charge in [-0.1, -0.05) is 36.4 Å². The van der Waals surface area contributed by atoms with Crippen molar-refractivity contribution in [2.45, 2.75) is 24.3 Å². The highest BCUT2D eigenvalue weighted by atomic mass is 32.2. The molecule has 5 rings (SSSR count). The molecule has 1 atom stereocenters. The molecule has 0 radical (unpaired) electrons. The summed E-state index contributed by atoms with van der Waals surface area (Å²) in [6, 6.07) is 20.8. The minimum atomic E-state index is -3.82. The number of aromatic nitrogens is 2. The predicted octanol–water partition coefficient (Wildman–Crippen LogP) is 3.96. The largest absolute Gasteiger partial charge is 0.324 e. The number of carbonyl (C=O) groups excluding carboxylic acids is 1. The molecule has 1 aliphatic rings. The summed E-state index contributed by atoms with van der Waals surface area (Å²) in [5, 5.41) is 2.71. The van der Waals surface area contributed by atoms with E-state index in [1.807, 2.05) is 55.5 Å². The first-order valence-electron chi connectivity index (χ1n) is 9.92. The molecule has 156 valence electrons. The number of imidazole rings is 1. The third kappa shape index (κ3) is 3.34. The zero-order valence-corrected chi connectivity index (χ0v) is 17.6. The van der Waals surface area contributed by atoms with Crippen LogP contribution in [0, 0.1) is 0 Å². The Kier molecular flexibility index (Phi) is 4.51. The number of benzene rings is 3. The Morgan fingerprint density at radius 2 is 1.84 bits per heavy atom. The Bertz CT molecular complexity index is 1380. The molecule has 1 aliphatic heterocycles. The highest BCUT2D eigenvalue weighted by Crippen LogP contribution is 2.36. The van der Waals surface area contributed by atoms with Gasteiger partial charge in [-0.2, -0.15) is 0 Å². The lowest BCUT2D eigenvalue weighted by atomic mass is 10.1. The molecule has 8 heteroatoms. The number of nitrogens with one attached hydrogen (secondary N) is 2. The molecular formula is C23H20N4O3S. The van der Waals surface area contributed by atoms with E-state index in [0.717, 1.165) is 16.6 Å². The molecule has 3 aromatic carbocycles. The molecule has 1 amide bonds. The fourth-order valence-electron chi connectivity index (χ4n) is 4.01. The van der Waals surface area contributed by atoms with E-state index >= 15 is 0 Å². The van der Waals surface area contributed by atoms with Crippen LogP contribution in [0.5, 0.6) is 0 Å². The number of rotatable bonds is 4. The first-order chi connectivity index (χ1) is 14.9. The minimum Gasteiger partial charge on any atom is -0.324 e. The van der Waals surface area contributed by atoms with Gasteiger partial charge in [-0.3, -0.25) is 14.4 Å². The molecule has 4 aromatic rings. The van der Waals surface area contributed by atoms with Crippen molar-refractivity contribution in [2.75, 3.05) is 9.62 Å². The maximum atomic E-state index is 13.4. The van der Waals surface area contributed by atoms with Gasteiger partial charge in [0, 0.05) is 11.6 Å². The van der Waals surface area contributed by atoms with Crippen molar-refractivity contribution >= 4 is 38.6 Å². The molecule has 1 aromatic heterocycles. The molecule has 31 heavy (non-hydrogen) atoms. The van der Waals surface area contributed by atoms with Crippen LogP contribution in [0.3, 0.4) is 0 Å². The normalized spacial score (nSPS) is 15.8. The predicted molar refractivity (Wildman–Crippen MR) is 120 cm³/mol. The van der Waals surface area contributed by atoms with E-state index in [1.165, 1.54) is 16.4 Å². The first-order valence-corrected chi connectivity index (χ1v) is 11.4. The Hall–Kier alpha value is -3.65. The summed E-state index contributed by atoms with van der Waals surface area (Å²) in [5.41, 5.74) is 3.46. The zero-order valence-electron chi connectivity index (χ0n) is 16.7. The molecule has 0 unspecified atom stereocenters. The van der Waals surface area contributed by atoms with Gasteiger partial charge in [-0.15, -0.1) is 0 Å². The lowest BCUT2D eigenvalue weighted by molar-refractivity contribution is 0.102. The minimum absolute atomic E-state index is 0.0771. The third-order valence-electron chi connectivity index (χ3n) is 5.42. The highest BCUT2D eigenvalue weighted by Gasteiger charge is 2.36. The quantitative estimate of drug-likeness (QED) is 0.510. The smallest absolute Gasteiger partial charge is 0.264 e. The average Bonchev–Trinajstić information content (AvgIpc) is 3.33. The Labute approximate surface area is 179 Å². The van der Waals surface area contributed by atoms with E-state index in [1.54, 1.807) is 12.1 Å². The Balaban J connectivity index is 1.45. The fourth-order valence-corrected chi connectivity index (χ4v) is 5.75. The monoisotopic (exact) mass is 432 g/mol. The summed E-state index contributed by atoms with van der Waals surface area (Å²) in [6.45, 7) is 1.88. The van der Waals surface area contributed by atoms with Crippen molar-refractivity contribution in [1.29, 1.82) is 0 Å². The number of para-hydroxylation sites is 3. The highest BCUT2D eigenvalue weighted by molar-refractivity contribution is 7.92. The van der Waals surface area contributed by atoms with Crippen molar-refractivity contribution < 1.29 is 13.2 Å². The number of sulfonamides is 1. The van der Waals surface area contributed by atoms with E-state index in [0.29, 0.717) is 18.1 Å². The van der Waals surface area contributed by atoms with E-state index in [4.69, 9.17) is 0 Å². The van der Waals surface area contributed by atoms with Gasteiger partial charge in [0.25, 0.3) is 15.9 Å². The van der Waals surface area contributed by atoms with E-state index in [9.17, 15) is 13.2 Å². The SMILES string of the molecule is C[C@H]1Cc2ccccc2N1S(=O)(=O)c1cccc(C(=O)Nc2nc3ccccc3[nH]2)c1. The van der Waals surface area contributed by atoms with Crippen LogP contribution in [-0.2, 0) is 16.4 Å². The van der Waals surface area contributed by atoms with E-state index in [-0.39, 0.29) is 16.5 Å². The summed E-state index contributed by atoms with van der Waals surface area (Å²) in [7, 11) is -3.82. The van der Waals surface area contributed by atoms with Gasteiger partial charge in [0.2, 0.25) is 5.95 Å². The van der Waals surface area contributed by atoms with E-state index < -0.39 is 15.9 Å². The second-order valence-corrected chi connectivity index (χ2v) is 9.38. The fraction of sp³-hybridized carbons (Fsp3) is 0.130. The molecule has 0 fully saturated rings. The number of nitrogens with zero attached hydrogens (tertiary/aromatic N) is 2. The maximum absolute atomic E-state index is 13.4. The van der Waals surface area contributed by atoms with Crippen LogP contribution in [-0.4, -0.2) is 30.3 Å². The summed E-state index contributed by atoms with van der Waals surface area (Å²) in [6.07, 6.45) is 0.654. The maximum Gasteiger partial charge on any atom is 0.264 e. The number of hydrogen-bond acceptors (Lipinski definition) is 4. The van der Waals surface area contributed by atoms with Gasteiger partial charge in [-0.05, 0) is 55.3 Å². The first kappa shape index (κ1) is 19.3. The van der Waals surface area contributed by atoms with Crippen LogP contribution in [0.2, 0.25) is 0 Å². The van der Waals surface area contributed by atoms with Crippen LogP contribution in [0.4, 0.5) is 11.6 Å². The lowest BCUT2D eigenvalue weighted by Crippen LogP contribution is -2.35. The number of hydrogen-bond donors (Lipinski definition) is 2. The summed E-state index contributed by atoms with van der Waals surface area (Å²) < 4.78 is 28.3. The molecule has 2 N–H and O–H groups in total. The van der Waals surface area contributed by atoms with Crippen molar-refractivity contribution in [1.82, 2.24) is 9.97 Å². The van der Waals surface area contributed by atoms with Crippen molar-refractivity contribution in [3.05, 3.63) is 83.9 Å². The van der Waals surface area contributed by atoms with Crippen LogP contribution in [0.25, 0.3) is 11.0 Å². The molecule has 0 bridgehead atoms. The molecule has 2 heterocycles. The molecule has 0 spiro atoms. The Morgan fingerprint density at radius 1 is 1.06 bits per heavy atom. The van der Waals surface area contributed by atoms with Crippen molar-refractivity contribution in [3.63, 3.8) is 0 Å². The standard InChI is InChI=1S/C23H20N4O3S/c1-15-13-16-7-2-5-12-21(16)27(15)31(29,30)18-9-6-8-17(14-18)22(28)26-23-24-19-10-3-4-11-20(19)25-23/h2-12,14-15H,13H2,1H3,(H2,24,25,26,28)/t15-/m0/s1. The van der Waals surface area contributed by atoms with Crippen LogP contribution in [0.15, 0.2) is 77.7 Å². The second kappa shape index (κ2) is 7.24. The number of aromatic amines is 1.